The number of para-hydroxylation sites is 1. The minimum absolute atomic E-state index is 0.0773. The van der Waals surface area contributed by atoms with E-state index in [9.17, 15) is 4.79 Å². The molecule has 3 aromatic carbocycles. The van der Waals surface area contributed by atoms with Crippen molar-refractivity contribution in [1.29, 1.82) is 0 Å². The van der Waals surface area contributed by atoms with E-state index in [2.05, 4.69) is 4.98 Å². The van der Waals surface area contributed by atoms with E-state index in [1.54, 1.807) is 24.1 Å². The summed E-state index contributed by atoms with van der Waals surface area (Å²) in [6, 6.07) is 22.6. The molecule has 0 aliphatic carbocycles. The number of thiazole rings is 1. The highest BCUT2D eigenvalue weighted by atomic mass is 35.5. The Morgan fingerprint density at radius 3 is 2.57 bits per heavy atom. The van der Waals surface area contributed by atoms with Gasteiger partial charge in [0.15, 0.2) is 5.13 Å². The van der Waals surface area contributed by atoms with E-state index in [1.165, 1.54) is 11.3 Å². The summed E-state index contributed by atoms with van der Waals surface area (Å²) in [5, 5.41) is 1.20. The van der Waals surface area contributed by atoms with Crippen LogP contribution >= 0.6 is 22.9 Å². The number of benzene rings is 3. The molecule has 1 heterocycles. The van der Waals surface area contributed by atoms with Crippen molar-refractivity contribution in [3.05, 3.63) is 83.4 Å². The van der Waals surface area contributed by atoms with Crippen LogP contribution in [0, 0.1) is 0 Å². The Labute approximate surface area is 172 Å². The van der Waals surface area contributed by atoms with Crippen LogP contribution in [0.2, 0.25) is 5.02 Å². The van der Waals surface area contributed by atoms with E-state index in [1.807, 2.05) is 60.7 Å². The van der Waals surface area contributed by atoms with Gasteiger partial charge in [-0.15, -0.1) is 0 Å². The van der Waals surface area contributed by atoms with Gasteiger partial charge in [0.2, 0.25) is 5.91 Å². The molecule has 4 rings (SSSR count). The van der Waals surface area contributed by atoms with Crippen LogP contribution in [0.3, 0.4) is 0 Å². The fourth-order valence-electron chi connectivity index (χ4n) is 2.93. The lowest BCUT2D eigenvalue weighted by molar-refractivity contribution is -0.117. The van der Waals surface area contributed by atoms with E-state index in [4.69, 9.17) is 16.3 Å². The van der Waals surface area contributed by atoms with Crippen molar-refractivity contribution in [1.82, 2.24) is 4.98 Å². The van der Waals surface area contributed by atoms with Gasteiger partial charge in [-0.2, -0.15) is 0 Å². The smallest absolute Gasteiger partial charge is 0.237 e. The highest BCUT2D eigenvalue weighted by Crippen LogP contribution is 2.34. The fraction of sp³-hybridized carbons (Fsp3) is 0.0909. The molecule has 0 spiro atoms. The minimum Gasteiger partial charge on any atom is -0.497 e. The molecule has 0 atom stereocenters. The number of methoxy groups -OCH3 is 1. The van der Waals surface area contributed by atoms with Crippen molar-refractivity contribution in [2.75, 3.05) is 12.0 Å². The maximum absolute atomic E-state index is 13.3. The van der Waals surface area contributed by atoms with Gasteiger partial charge < -0.3 is 4.74 Å². The van der Waals surface area contributed by atoms with Crippen LogP contribution < -0.4 is 9.64 Å². The summed E-state index contributed by atoms with van der Waals surface area (Å²) in [5.41, 5.74) is 2.47. The average Bonchev–Trinajstić information content (AvgIpc) is 3.12. The van der Waals surface area contributed by atoms with Gasteiger partial charge in [0.05, 0.1) is 29.4 Å². The number of rotatable bonds is 5. The number of anilines is 2. The Hall–Kier alpha value is -2.89. The first-order chi connectivity index (χ1) is 13.6. The van der Waals surface area contributed by atoms with Crippen LogP contribution in [0.25, 0.3) is 10.2 Å². The number of aromatic nitrogens is 1. The van der Waals surface area contributed by atoms with Crippen LogP contribution in [-0.2, 0) is 11.2 Å². The maximum Gasteiger partial charge on any atom is 0.237 e. The molecule has 0 saturated heterocycles. The predicted molar refractivity (Wildman–Crippen MR) is 115 cm³/mol. The van der Waals surface area contributed by atoms with Gasteiger partial charge >= 0.3 is 0 Å². The van der Waals surface area contributed by atoms with Crippen molar-refractivity contribution < 1.29 is 9.53 Å². The van der Waals surface area contributed by atoms with E-state index in [-0.39, 0.29) is 12.3 Å². The molecule has 0 radical (unpaired) electrons. The van der Waals surface area contributed by atoms with Crippen LogP contribution in [0.15, 0.2) is 72.8 Å². The molecule has 0 bridgehead atoms. The third-order valence-electron chi connectivity index (χ3n) is 4.30. The van der Waals surface area contributed by atoms with Crippen molar-refractivity contribution in [3.63, 3.8) is 0 Å². The van der Waals surface area contributed by atoms with Crippen molar-refractivity contribution in [3.8, 4) is 5.75 Å². The van der Waals surface area contributed by atoms with E-state index in [0.29, 0.717) is 15.8 Å². The number of amides is 1. The number of hydrogen-bond acceptors (Lipinski definition) is 4. The fourth-order valence-corrected chi connectivity index (χ4v) is 4.12. The van der Waals surface area contributed by atoms with Crippen LogP contribution in [0.4, 0.5) is 10.8 Å². The van der Waals surface area contributed by atoms with E-state index < -0.39 is 0 Å². The van der Waals surface area contributed by atoms with Crippen molar-refractivity contribution in [2.45, 2.75) is 6.42 Å². The van der Waals surface area contributed by atoms with Crippen molar-refractivity contribution >= 4 is 49.9 Å². The zero-order valence-electron chi connectivity index (χ0n) is 15.1. The summed E-state index contributed by atoms with van der Waals surface area (Å²) < 4.78 is 6.22. The summed E-state index contributed by atoms with van der Waals surface area (Å²) in [6.07, 6.45) is 0.242. The molecule has 0 saturated carbocycles. The second-order valence-corrected chi connectivity index (χ2v) is 7.64. The van der Waals surface area contributed by atoms with E-state index >= 15 is 0 Å². The molecular weight excluding hydrogens is 392 g/mol. The monoisotopic (exact) mass is 408 g/mol. The van der Waals surface area contributed by atoms with Gasteiger partial charge in [-0.1, -0.05) is 53.3 Å². The molecule has 6 heteroatoms. The Balaban J connectivity index is 1.72. The number of hydrogen-bond donors (Lipinski definition) is 0. The molecule has 0 N–H and O–H groups in total. The molecule has 0 fully saturated rings. The lowest BCUT2D eigenvalue weighted by Gasteiger charge is -2.20. The maximum atomic E-state index is 13.3. The normalized spacial score (nSPS) is 10.8. The van der Waals surface area contributed by atoms with Crippen LogP contribution in [0.1, 0.15) is 5.56 Å². The predicted octanol–water partition coefficient (Wildman–Crippen LogP) is 5.87. The molecule has 4 aromatic rings. The summed E-state index contributed by atoms with van der Waals surface area (Å²) in [6.45, 7) is 0. The van der Waals surface area contributed by atoms with Gasteiger partial charge in [-0.05, 0) is 48.0 Å². The first kappa shape index (κ1) is 18.5. The average molecular weight is 409 g/mol. The molecule has 28 heavy (non-hydrogen) atoms. The molecule has 1 amide bonds. The van der Waals surface area contributed by atoms with Crippen LogP contribution in [-0.4, -0.2) is 18.0 Å². The third kappa shape index (κ3) is 3.86. The number of carbonyl (C=O) groups excluding carboxylic acids is 1. The Morgan fingerprint density at radius 2 is 1.86 bits per heavy atom. The molecule has 1 aromatic heterocycles. The van der Waals surface area contributed by atoms with Gasteiger partial charge in [0.25, 0.3) is 0 Å². The Morgan fingerprint density at radius 1 is 1.07 bits per heavy atom. The molecule has 0 aliphatic rings. The molecular formula is C22H17ClN2O2S. The van der Waals surface area contributed by atoms with Gasteiger partial charge in [-0.3, -0.25) is 9.69 Å². The lowest BCUT2D eigenvalue weighted by Crippen LogP contribution is -2.27. The summed E-state index contributed by atoms with van der Waals surface area (Å²) in [7, 11) is 1.62. The topological polar surface area (TPSA) is 42.4 Å². The molecule has 140 valence electrons. The first-order valence-corrected chi connectivity index (χ1v) is 9.90. The summed E-state index contributed by atoms with van der Waals surface area (Å²) >= 11 is 7.67. The highest BCUT2D eigenvalue weighted by molar-refractivity contribution is 7.22. The number of carbonyl (C=O) groups is 1. The largest absolute Gasteiger partial charge is 0.497 e. The Kier molecular flexibility index (Phi) is 5.28. The van der Waals surface area contributed by atoms with Crippen molar-refractivity contribution in [2.24, 2.45) is 0 Å². The van der Waals surface area contributed by atoms with Gasteiger partial charge in [0.1, 0.15) is 5.75 Å². The number of fused-ring (bicyclic) bond motifs is 1. The second kappa shape index (κ2) is 8.00. The van der Waals surface area contributed by atoms with E-state index in [0.717, 1.165) is 21.5 Å². The standard InChI is InChI=1S/C22H17ClN2O2S/c1-27-18-11-9-15(10-12-18)13-21(26)25(17-6-4-5-16(23)14-17)22-24-19-7-2-3-8-20(19)28-22/h2-12,14H,13H2,1H3. The number of nitrogens with zero attached hydrogens (tertiary/aromatic N) is 2. The summed E-state index contributed by atoms with van der Waals surface area (Å²) in [4.78, 5) is 19.6. The number of halogens is 1. The van der Waals surface area contributed by atoms with Gasteiger partial charge in [0, 0.05) is 5.02 Å². The molecule has 0 unspecified atom stereocenters. The second-order valence-electron chi connectivity index (χ2n) is 6.20. The zero-order valence-corrected chi connectivity index (χ0v) is 16.7. The molecule has 4 nitrogen and oxygen atoms in total. The SMILES string of the molecule is COc1ccc(CC(=O)N(c2cccc(Cl)c2)c2nc3ccccc3s2)cc1. The van der Waals surface area contributed by atoms with Crippen LogP contribution in [0.5, 0.6) is 5.75 Å². The highest BCUT2D eigenvalue weighted by Gasteiger charge is 2.22. The van der Waals surface area contributed by atoms with Gasteiger partial charge in [-0.25, -0.2) is 4.98 Å². The number of ether oxygens (including phenoxy) is 1. The quantitative estimate of drug-likeness (QED) is 0.415. The molecule has 0 aliphatic heterocycles. The minimum atomic E-state index is -0.0773. The summed E-state index contributed by atoms with van der Waals surface area (Å²) in [5.74, 6) is 0.681. The third-order valence-corrected chi connectivity index (χ3v) is 5.56. The first-order valence-electron chi connectivity index (χ1n) is 8.71. The lowest BCUT2D eigenvalue weighted by atomic mass is 10.1. The zero-order chi connectivity index (χ0) is 19.5. The Bertz CT molecular complexity index is 1090.